The molecule has 1 unspecified atom stereocenters. The van der Waals surface area contributed by atoms with Gasteiger partial charge in [-0.2, -0.15) is 10.5 Å². The van der Waals surface area contributed by atoms with Crippen LogP contribution in [0.1, 0.15) is 0 Å². The molecule has 0 saturated carbocycles. The Kier molecular flexibility index (Phi) is 2.64. The SMILES string of the molecule is N#CC1=C(C#N)C(C(=O)O)SS1. The van der Waals surface area contributed by atoms with E-state index in [0.29, 0.717) is 0 Å². The number of rotatable bonds is 1. The Bertz CT molecular complexity index is 336. The third-order valence-electron chi connectivity index (χ3n) is 1.18. The molecule has 12 heavy (non-hydrogen) atoms. The molecule has 1 N–H and O–H groups in total. The van der Waals surface area contributed by atoms with Crippen molar-refractivity contribution in [2.24, 2.45) is 0 Å². The summed E-state index contributed by atoms with van der Waals surface area (Å²) in [5, 5.41) is 24.7. The van der Waals surface area contributed by atoms with Crippen molar-refractivity contribution in [2.75, 3.05) is 0 Å². The Morgan fingerprint density at radius 1 is 1.50 bits per heavy atom. The van der Waals surface area contributed by atoms with Gasteiger partial charge in [-0.25, -0.2) is 0 Å². The molecule has 0 fully saturated rings. The van der Waals surface area contributed by atoms with Crippen LogP contribution in [0.25, 0.3) is 0 Å². The monoisotopic (exact) mass is 198 g/mol. The molecule has 1 atom stereocenters. The normalized spacial score (nSPS) is 21.7. The average molecular weight is 198 g/mol. The quantitative estimate of drug-likeness (QED) is 0.636. The molecule has 0 aliphatic carbocycles. The number of hydrogen-bond acceptors (Lipinski definition) is 5. The number of carboxylic acids is 1. The summed E-state index contributed by atoms with van der Waals surface area (Å²) in [4.78, 5) is 10.7. The van der Waals surface area contributed by atoms with Crippen molar-refractivity contribution in [3.8, 4) is 12.1 Å². The number of hydrogen-bond donors (Lipinski definition) is 1. The van der Waals surface area contributed by atoms with E-state index in [2.05, 4.69) is 0 Å². The third-order valence-corrected chi connectivity index (χ3v) is 3.75. The fourth-order valence-corrected chi connectivity index (χ4v) is 3.06. The molecule has 4 nitrogen and oxygen atoms in total. The van der Waals surface area contributed by atoms with Gasteiger partial charge in [0.15, 0.2) is 0 Å². The van der Waals surface area contributed by atoms with Crippen molar-refractivity contribution in [1.82, 2.24) is 0 Å². The van der Waals surface area contributed by atoms with Gasteiger partial charge in [0.1, 0.15) is 16.2 Å². The van der Waals surface area contributed by atoms with Crippen molar-refractivity contribution in [3.05, 3.63) is 10.5 Å². The molecule has 1 rings (SSSR count). The molecule has 1 aliphatic rings. The third kappa shape index (κ3) is 1.40. The van der Waals surface area contributed by atoms with E-state index in [1.54, 1.807) is 12.1 Å². The summed E-state index contributed by atoms with van der Waals surface area (Å²) in [5.74, 6) is -1.07. The van der Waals surface area contributed by atoms with Crippen LogP contribution in [-0.4, -0.2) is 16.3 Å². The first-order chi connectivity index (χ1) is 5.70. The van der Waals surface area contributed by atoms with E-state index in [-0.39, 0.29) is 10.5 Å². The maximum absolute atomic E-state index is 10.5. The molecule has 0 spiro atoms. The van der Waals surface area contributed by atoms with Crippen molar-refractivity contribution in [3.63, 3.8) is 0 Å². The minimum Gasteiger partial charge on any atom is -0.480 e. The first-order valence-electron chi connectivity index (χ1n) is 2.81. The highest BCUT2D eigenvalue weighted by atomic mass is 33.1. The van der Waals surface area contributed by atoms with Gasteiger partial charge < -0.3 is 5.11 Å². The second kappa shape index (κ2) is 3.53. The number of allylic oxidation sites excluding steroid dienone is 1. The standard InChI is InChI=1S/C6H2N2O2S2/c7-1-3-4(2-8)11-12-5(3)6(9)10/h5H,(H,9,10). The van der Waals surface area contributed by atoms with Crippen molar-refractivity contribution in [1.29, 1.82) is 10.5 Å². The van der Waals surface area contributed by atoms with Gasteiger partial charge in [-0.3, -0.25) is 4.79 Å². The van der Waals surface area contributed by atoms with E-state index in [1.807, 2.05) is 0 Å². The first-order valence-corrected chi connectivity index (χ1v) is 5.02. The zero-order valence-electron chi connectivity index (χ0n) is 5.64. The highest BCUT2D eigenvalue weighted by molar-refractivity contribution is 8.79. The van der Waals surface area contributed by atoms with Crippen LogP contribution in [0.4, 0.5) is 0 Å². The van der Waals surface area contributed by atoms with E-state index in [9.17, 15) is 4.79 Å². The van der Waals surface area contributed by atoms with Gasteiger partial charge in [-0.15, -0.1) is 0 Å². The van der Waals surface area contributed by atoms with Crippen LogP contribution < -0.4 is 0 Å². The van der Waals surface area contributed by atoms with Gasteiger partial charge in [-0.1, -0.05) is 10.8 Å². The van der Waals surface area contributed by atoms with Gasteiger partial charge >= 0.3 is 5.97 Å². The number of nitrogens with zero attached hydrogens (tertiary/aromatic N) is 2. The summed E-state index contributed by atoms with van der Waals surface area (Å²) in [6.07, 6.45) is 0. The van der Waals surface area contributed by atoms with Crippen LogP contribution in [0.2, 0.25) is 0 Å². The Labute approximate surface area is 76.3 Å². The molecule has 6 heteroatoms. The van der Waals surface area contributed by atoms with Crippen molar-refractivity contribution in [2.45, 2.75) is 5.25 Å². The Morgan fingerprint density at radius 2 is 2.17 bits per heavy atom. The van der Waals surface area contributed by atoms with E-state index < -0.39 is 11.2 Å². The molecule has 0 saturated heterocycles. The van der Waals surface area contributed by atoms with Crippen LogP contribution in [0, 0.1) is 22.7 Å². The highest BCUT2D eigenvalue weighted by Gasteiger charge is 2.33. The van der Waals surface area contributed by atoms with E-state index in [0.717, 1.165) is 21.6 Å². The van der Waals surface area contributed by atoms with Crippen molar-refractivity contribution >= 4 is 27.6 Å². The fourth-order valence-electron chi connectivity index (χ4n) is 0.661. The smallest absolute Gasteiger partial charge is 0.322 e. The zero-order valence-corrected chi connectivity index (χ0v) is 7.28. The second-order valence-electron chi connectivity index (χ2n) is 1.86. The van der Waals surface area contributed by atoms with Crippen LogP contribution >= 0.6 is 21.6 Å². The fraction of sp³-hybridized carbons (Fsp3) is 0.167. The van der Waals surface area contributed by atoms with Crippen molar-refractivity contribution < 1.29 is 9.90 Å². The topological polar surface area (TPSA) is 84.9 Å². The van der Waals surface area contributed by atoms with Gasteiger partial charge in [0.05, 0.1) is 11.6 Å². The summed E-state index contributed by atoms with van der Waals surface area (Å²) in [6, 6.07) is 3.52. The van der Waals surface area contributed by atoms with Gasteiger partial charge in [0.25, 0.3) is 0 Å². The predicted molar refractivity (Wildman–Crippen MR) is 44.9 cm³/mol. The molecule has 1 aliphatic heterocycles. The summed E-state index contributed by atoms with van der Waals surface area (Å²) in [6.45, 7) is 0. The number of nitriles is 2. The lowest BCUT2D eigenvalue weighted by Gasteiger charge is -1.98. The van der Waals surface area contributed by atoms with Crippen LogP contribution in [0.3, 0.4) is 0 Å². The largest absolute Gasteiger partial charge is 0.480 e. The summed E-state index contributed by atoms with van der Waals surface area (Å²) < 4.78 is 0. The van der Waals surface area contributed by atoms with Crippen LogP contribution in [-0.2, 0) is 4.79 Å². The van der Waals surface area contributed by atoms with E-state index in [4.69, 9.17) is 15.6 Å². The molecule has 0 bridgehead atoms. The maximum atomic E-state index is 10.5. The Balaban J connectivity index is 3.03. The van der Waals surface area contributed by atoms with Gasteiger partial charge in [-0.05, 0) is 10.8 Å². The van der Waals surface area contributed by atoms with E-state index in [1.165, 1.54) is 0 Å². The summed E-state index contributed by atoms with van der Waals surface area (Å²) in [7, 11) is 2.06. The molecular weight excluding hydrogens is 196 g/mol. The lowest BCUT2D eigenvalue weighted by Crippen LogP contribution is -2.15. The van der Waals surface area contributed by atoms with E-state index >= 15 is 0 Å². The number of carboxylic acid groups (broad SMARTS) is 1. The molecule has 0 aromatic carbocycles. The number of carbonyl (C=O) groups is 1. The lowest BCUT2D eigenvalue weighted by molar-refractivity contribution is -0.135. The predicted octanol–water partition coefficient (Wildman–Crippen LogP) is 1.14. The molecule has 60 valence electrons. The summed E-state index contributed by atoms with van der Waals surface area (Å²) >= 11 is 0. The first kappa shape index (κ1) is 8.98. The maximum Gasteiger partial charge on any atom is 0.322 e. The summed E-state index contributed by atoms with van der Waals surface area (Å²) in [5.41, 5.74) is 0.0556. The second-order valence-corrected chi connectivity index (χ2v) is 4.18. The Morgan fingerprint density at radius 3 is 2.58 bits per heavy atom. The highest BCUT2D eigenvalue weighted by Crippen LogP contribution is 2.46. The molecular formula is C6H2N2O2S2. The van der Waals surface area contributed by atoms with Crippen LogP contribution in [0.15, 0.2) is 10.5 Å². The minimum atomic E-state index is -1.07. The number of aliphatic carboxylic acids is 1. The Hall–Kier alpha value is -1.11. The average Bonchev–Trinajstić information content (AvgIpc) is 2.46. The molecule has 0 aromatic rings. The minimum absolute atomic E-state index is 0.0556. The molecule has 1 heterocycles. The van der Waals surface area contributed by atoms with Gasteiger partial charge in [0.2, 0.25) is 0 Å². The van der Waals surface area contributed by atoms with Crippen LogP contribution in [0.5, 0.6) is 0 Å². The zero-order chi connectivity index (χ0) is 9.14. The molecule has 0 aromatic heterocycles. The lowest BCUT2D eigenvalue weighted by atomic mass is 10.2. The molecule has 0 radical (unpaired) electrons. The molecule has 0 amide bonds. The van der Waals surface area contributed by atoms with Gasteiger partial charge in [0, 0.05) is 0 Å².